The maximum absolute atomic E-state index is 12.8. The van der Waals surface area contributed by atoms with Gasteiger partial charge in [0.15, 0.2) is 0 Å². The molecule has 0 saturated carbocycles. The molecule has 0 radical (unpaired) electrons. The topological polar surface area (TPSA) is 114 Å². The molecular formula is C24H29N7O3. The molecule has 1 fully saturated rings. The van der Waals surface area contributed by atoms with Crippen molar-refractivity contribution in [1.29, 1.82) is 0 Å². The van der Waals surface area contributed by atoms with Crippen molar-refractivity contribution in [2.75, 3.05) is 36.5 Å². The molecule has 1 aliphatic heterocycles. The van der Waals surface area contributed by atoms with Crippen LogP contribution in [-0.4, -0.2) is 57.6 Å². The van der Waals surface area contributed by atoms with Gasteiger partial charge < -0.3 is 20.3 Å². The highest BCUT2D eigenvalue weighted by Gasteiger charge is 2.26. The van der Waals surface area contributed by atoms with Gasteiger partial charge in [-0.1, -0.05) is 0 Å². The number of benzene rings is 1. The standard InChI is InChI=1S/C24H29N7O3/c1-17-25-9-13-31(17)23-15-22(27-16-28-23)30-11-7-19(8-12-30)24(33)29-20-3-5-21(6-4-20)34-14-10-26-18(2)32/h3-6,9,13,15-16,19H,7-8,10-12,14H2,1-2H3,(H,26,32)(H,29,33). The Morgan fingerprint density at radius 3 is 2.50 bits per heavy atom. The van der Waals surface area contributed by atoms with Crippen molar-refractivity contribution < 1.29 is 14.3 Å². The van der Waals surface area contributed by atoms with Gasteiger partial charge in [0.1, 0.15) is 36.1 Å². The number of carbonyl (C=O) groups is 2. The molecular weight excluding hydrogens is 434 g/mol. The first kappa shape index (κ1) is 23.2. The van der Waals surface area contributed by atoms with E-state index in [1.165, 1.54) is 6.92 Å². The van der Waals surface area contributed by atoms with Crippen LogP contribution in [0.5, 0.6) is 5.75 Å². The lowest BCUT2D eigenvalue weighted by atomic mass is 9.96. The lowest BCUT2D eigenvalue weighted by Gasteiger charge is -2.32. The summed E-state index contributed by atoms with van der Waals surface area (Å²) in [6, 6.07) is 9.21. The predicted molar refractivity (Wildman–Crippen MR) is 128 cm³/mol. The number of rotatable bonds is 8. The second kappa shape index (κ2) is 10.8. The van der Waals surface area contributed by atoms with Crippen molar-refractivity contribution in [2.24, 2.45) is 5.92 Å². The third-order valence-electron chi connectivity index (χ3n) is 5.77. The van der Waals surface area contributed by atoms with Gasteiger partial charge in [0.05, 0.1) is 6.54 Å². The molecule has 0 aliphatic carbocycles. The number of anilines is 2. The minimum atomic E-state index is -0.0844. The fraction of sp³-hybridized carbons (Fsp3) is 0.375. The van der Waals surface area contributed by atoms with Gasteiger partial charge in [-0.2, -0.15) is 0 Å². The molecule has 0 atom stereocenters. The summed E-state index contributed by atoms with van der Waals surface area (Å²) in [6.45, 7) is 5.74. The van der Waals surface area contributed by atoms with Gasteiger partial charge >= 0.3 is 0 Å². The Labute approximate surface area is 198 Å². The van der Waals surface area contributed by atoms with Gasteiger partial charge in [-0.15, -0.1) is 0 Å². The van der Waals surface area contributed by atoms with Crippen molar-refractivity contribution in [3.8, 4) is 11.6 Å². The minimum absolute atomic E-state index is 0.0244. The second-order valence-electron chi connectivity index (χ2n) is 8.19. The number of ether oxygens (including phenoxy) is 1. The molecule has 10 nitrogen and oxygen atoms in total. The summed E-state index contributed by atoms with van der Waals surface area (Å²) < 4.78 is 7.50. The number of imidazole rings is 1. The number of piperidine rings is 1. The van der Waals surface area contributed by atoms with Crippen LogP contribution in [-0.2, 0) is 9.59 Å². The third kappa shape index (κ3) is 5.89. The number of carbonyl (C=O) groups excluding carboxylic acids is 2. The van der Waals surface area contributed by atoms with Gasteiger partial charge in [0.25, 0.3) is 0 Å². The summed E-state index contributed by atoms with van der Waals surface area (Å²) in [6.07, 6.45) is 6.69. The van der Waals surface area contributed by atoms with Gasteiger partial charge in [-0.05, 0) is 44.0 Å². The molecule has 34 heavy (non-hydrogen) atoms. The van der Waals surface area contributed by atoms with E-state index in [0.29, 0.717) is 18.9 Å². The SMILES string of the molecule is CC(=O)NCCOc1ccc(NC(=O)C2CCN(c3cc(-n4ccnc4C)ncn3)CC2)cc1. The van der Waals surface area contributed by atoms with Crippen LogP contribution in [0.4, 0.5) is 11.5 Å². The van der Waals surface area contributed by atoms with E-state index in [2.05, 4.69) is 30.5 Å². The Morgan fingerprint density at radius 1 is 1.09 bits per heavy atom. The molecule has 2 N–H and O–H groups in total. The summed E-state index contributed by atoms with van der Waals surface area (Å²) in [7, 11) is 0. The highest BCUT2D eigenvalue weighted by Crippen LogP contribution is 2.24. The highest BCUT2D eigenvalue weighted by atomic mass is 16.5. The summed E-state index contributed by atoms with van der Waals surface area (Å²) in [5, 5.41) is 5.68. The zero-order chi connectivity index (χ0) is 23.9. The first-order valence-electron chi connectivity index (χ1n) is 11.3. The van der Waals surface area contributed by atoms with Crippen LogP contribution in [0.1, 0.15) is 25.6 Å². The van der Waals surface area contributed by atoms with Gasteiger partial charge in [0, 0.05) is 50.1 Å². The van der Waals surface area contributed by atoms with E-state index in [4.69, 9.17) is 4.74 Å². The molecule has 2 amide bonds. The number of nitrogens with one attached hydrogen (secondary N) is 2. The lowest BCUT2D eigenvalue weighted by Crippen LogP contribution is -2.38. The molecule has 1 aliphatic rings. The average molecular weight is 464 g/mol. The minimum Gasteiger partial charge on any atom is -0.492 e. The smallest absolute Gasteiger partial charge is 0.227 e. The van der Waals surface area contributed by atoms with Crippen LogP contribution in [0, 0.1) is 12.8 Å². The average Bonchev–Trinajstić information content (AvgIpc) is 3.29. The number of nitrogens with zero attached hydrogens (tertiary/aromatic N) is 5. The molecule has 3 heterocycles. The van der Waals surface area contributed by atoms with Gasteiger partial charge in [-0.3, -0.25) is 14.2 Å². The summed E-state index contributed by atoms with van der Waals surface area (Å²) in [5.74, 6) is 3.07. The van der Waals surface area contributed by atoms with Crippen molar-refractivity contribution >= 4 is 23.3 Å². The molecule has 4 rings (SSSR count). The Bertz CT molecular complexity index is 1120. The van der Waals surface area contributed by atoms with Crippen LogP contribution >= 0.6 is 0 Å². The zero-order valence-electron chi connectivity index (χ0n) is 19.4. The first-order chi connectivity index (χ1) is 16.5. The molecule has 2 aromatic heterocycles. The fourth-order valence-corrected chi connectivity index (χ4v) is 3.91. The second-order valence-corrected chi connectivity index (χ2v) is 8.19. The van der Waals surface area contributed by atoms with E-state index < -0.39 is 0 Å². The zero-order valence-corrected chi connectivity index (χ0v) is 19.4. The van der Waals surface area contributed by atoms with Crippen molar-refractivity contribution in [2.45, 2.75) is 26.7 Å². The molecule has 178 valence electrons. The number of hydrogen-bond donors (Lipinski definition) is 2. The van der Waals surface area contributed by atoms with Crippen LogP contribution < -0.4 is 20.3 Å². The number of hydrogen-bond acceptors (Lipinski definition) is 7. The monoisotopic (exact) mass is 463 g/mol. The quantitative estimate of drug-likeness (QED) is 0.493. The normalized spacial score (nSPS) is 14.0. The third-order valence-corrected chi connectivity index (χ3v) is 5.77. The van der Waals surface area contributed by atoms with E-state index in [9.17, 15) is 9.59 Å². The molecule has 0 bridgehead atoms. The Hall–Kier alpha value is -3.95. The van der Waals surface area contributed by atoms with E-state index in [0.717, 1.165) is 49.1 Å². The number of aromatic nitrogens is 4. The van der Waals surface area contributed by atoms with Gasteiger partial charge in [0.2, 0.25) is 11.8 Å². The molecule has 1 aromatic carbocycles. The van der Waals surface area contributed by atoms with Crippen LogP contribution in [0.3, 0.4) is 0 Å². The van der Waals surface area contributed by atoms with Crippen molar-refractivity contribution in [3.05, 3.63) is 54.9 Å². The van der Waals surface area contributed by atoms with E-state index >= 15 is 0 Å². The Balaban J connectivity index is 1.26. The molecule has 10 heteroatoms. The molecule has 0 unspecified atom stereocenters. The van der Waals surface area contributed by atoms with E-state index in [-0.39, 0.29) is 17.7 Å². The van der Waals surface area contributed by atoms with Crippen LogP contribution in [0.25, 0.3) is 5.82 Å². The molecule has 1 saturated heterocycles. The van der Waals surface area contributed by atoms with Crippen molar-refractivity contribution in [1.82, 2.24) is 24.8 Å². The molecule has 3 aromatic rings. The summed E-state index contributed by atoms with van der Waals surface area (Å²) in [4.78, 5) is 38.9. The van der Waals surface area contributed by atoms with Crippen molar-refractivity contribution in [3.63, 3.8) is 0 Å². The summed E-state index contributed by atoms with van der Waals surface area (Å²) >= 11 is 0. The molecule has 0 spiro atoms. The summed E-state index contributed by atoms with van der Waals surface area (Å²) in [5.41, 5.74) is 0.734. The van der Waals surface area contributed by atoms with Crippen LogP contribution in [0.2, 0.25) is 0 Å². The maximum atomic E-state index is 12.8. The Morgan fingerprint density at radius 2 is 1.82 bits per heavy atom. The maximum Gasteiger partial charge on any atom is 0.227 e. The highest BCUT2D eigenvalue weighted by molar-refractivity contribution is 5.92. The number of amides is 2. The lowest BCUT2D eigenvalue weighted by molar-refractivity contribution is -0.120. The number of aryl methyl sites for hydroxylation is 1. The van der Waals surface area contributed by atoms with E-state index in [1.54, 1.807) is 24.7 Å². The van der Waals surface area contributed by atoms with Gasteiger partial charge in [-0.25, -0.2) is 15.0 Å². The predicted octanol–water partition coefficient (Wildman–Crippen LogP) is 2.34. The fourth-order valence-electron chi connectivity index (χ4n) is 3.91. The first-order valence-corrected chi connectivity index (χ1v) is 11.3. The largest absolute Gasteiger partial charge is 0.492 e. The van der Waals surface area contributed by atoms with Crippen LogP contribution in [0.15, 0.2) is 49.1 Å². The Kier molecular flexibility index (Phi) is 7.36. The van der Waals surface area contributed by atoms with E-state index in [1.807, 2.05) is 35.9 Å².